The zero-order chi connectivity index (χ0) is 18.1. The summed E-state index contributed by atoms with van der Waals surface area (Å²) in [6.07, 6.45) is 5.86. The topological polar surface area (TPSA) is 46.6 Å². The average Bonchev–Trinajstić information content (AvgIpc) is 3.02. The third-order valence-corrected chi connectivity index (χ3v) is 5.40. The fourth-order valence-corrected chi connectivity index (χ4v) is 4.05. The molecular formula is C21H29N3O2. The molecule has 26 heavy (non-hydrogen) atoms. The highest BCUT2D eigenvalue weighted by molar-refractivity contribution is 5.96. The molecule has 0 atom stereocenters. The Morgan fingerprint density at radius 1 is 1.08 bits per heavy atom. The van der Waals surface area contributed by atoms with Gasteiger partial charge in [-0.25, -0.2) is 0 Å². The number of rotatable bonds is 4. The molecule has 0 radical (unpaired) electrons. The molecule has 2 aliphatic heterocycles. The molecule has 1 fully saturated rings. The SMILES string of the molecule is COc1cc2c3c(c(C(C)C)nc2cc1ON1CCCC1)CCCCN3. The second kappa shape index (κ2) is 7.31. The molecule has 0 aliphatic carbocycles. The van der Waals surface area contributed by atoms with Crippen LogP contribution >= 0.6 is 0 Å². The summed E-state index contributed by atoms with van der Waals surface area (Å²) in [5.74, 6) is 1.94. The maximum atomic E-state index is 6.12. The number of hydroxylamine groups is 2. The number of nitrogens with one attached hydrogen (secondary N) is 1. The van der Waals surface area contributed by atoms with Crippen molar-refractivity contribution >= 4 is 16.6 Å². The summed E-state index contributed by atoms with van der Waals surface area (Å²) in [6, 6.07) is 4.14. The van der Waals surface area contributed by atoms with Crippen molar-refractivity contribution in [2.45, 2.75) is 51.9 Å². The number of fused-ring (bicyclic) bond motifs is 3. The van der Waals surface area contributed by atoms with E-state index < -0.39 is 0 Å². The second-order valence-corrected chi connectivity index (χ2v) is 7.64. The van der Waals surface area contributed by atoms with Gasteiger partial charge in [-0.05, 0) is 49.7 Å². The van der Waals surface area contributed by atoms with Crippen LogP contribution in [0, 0.1) is 0 Å². The molecular weight excluding hydrogens is 326 g/mol. The van der Waals surface area contributed by atoms with Crippen molar-refractivity contribution in [1.29, 1.82) is 0 Å². The number of benzene rings is 1. The summed E-state index contributed by atoms with van der Waals surface area (Å²) in [6.45, 7) is 7.40. The minimum atomic E-state index is 0.401. The molecule has 1 aromatic heterocycles. The van der Waals surface area contributed by atoms with Crippen LogP contribution in [-0.2, 0) is 6.42 Å². The van der Waals surface area contributed by atoms with Crippen molar-refractivity contribution in [2.24, 2.45) is 0 Å². The Hall–Kier alpha value is -2.01. The molecule has 0 bridgehead atoms. The van der Waals surface area contributed by atoms with E-state index in [4.69, 9.17) is 14.6 Å². The smallest absolute Gasteiger partial charge is 0.191 e. The Labute approximate surface area is 155 Å². The Balaban J connectivity index is 1.86. The van der Waals surface area contributed by atoms with Gasteiger partial charge in [-0.2, -0.15) is 0 Å². The van der Waals surface area contributed by atoms with Crippen molar-refractivity contribution in [2.75, 3.05) is 32.1 Å². The van der Waals surface area contributed by atoms with Gasteiger partial charge in [0.2, 0.25) is 0 Å². The van der Waals surface area contributed by atoms with E-state index in [9.17, 15) is 0 Å². The standard InChI is InChI=1S/C21H29N3O2/c1-14(2)20-15-8-4-5-9-22-21(15)16-12-18(25-3)19(13-17(16)23-20)26-24-10-6-7-11-24/h12-14,22H,4-11H2,1-3H3. The number of hydrogen-bond acceptors (Lipinski definition) is 5. The lowest BCUT2D eigenvalue weighted by Gasteiger charge is -2.21. The van der Waals surface area contributed by atoms with Crippen LogP contribution < -0.4 is 14.9 Å². The molecule has 2 aliphatic rings. The zero-order valence-corrected chi connectivity index (χ0v) is 16.1. The normalized spacial score (nSPS) is 17.8. The summed E-state index contributed by atoms with van der Waals surface area (Å²) >= 11 is 0. The van der Waals surface area contributed by atoms with Gasteiger partial charge in [-0.15, -0.1) is 5.06 Å². The van der Waals surface area contributed by atoms with E-state index >= 15 is 0 Å². The number of nitrogens with zero attached hydrogens (tertiary/aromatic N) is 2. The van der Waals surface area contributed by atoms with Gasteiger partial charge in [0.1, 0.15) is 0 Å². The first-order valence-electron chi connectivity index (χ1n) is 9.88. The lowest BCUT2D eigenvalue weighted by molar-refractivity contribution is -0.0366. The van der Waals surface area contributed by atoms with Crippen molar-refractivity contribution in [3.05, 3.63) is 23.4 Å². The largest absolute Gasteiger partial charge is 0.493 e. The number of anilines is 1. The van der Waals surface area contributed by atoms with Gasteiger partial charge in [0.05, 0.1) is 12.6 Å². The summed E-state index contributed by atoms with van der Waals surface area (Å²) in [5.41, 5.74) is 4.80. The minimum absolute atomic E-state index is 0.401. The van der Waals surface area contributed by atoms with Crippen molar-refractivity contribution < 1.29 is 9.57 Å². The Kier molecular flexibility index (Phi) is 4.90. The van der Waals surface area contributed by atoms with Gasteiger partial charge >= 0.3 is 0 Å². The van der Waals surface area contributed by atoms with Crippen molar-refractivity contribution in [3.63, 3.8) is 0 Å². The van der Waals surface area contributed by atoms with Crippen LogP contribution in [0.15, 0.2) is 12.1 Å². The monoisotopic (exact) mass is 355 g/mol. The average molecular weight is 355 g/mol. The van der Waals surface area contributed by atoms with E-state index in [1.165, 1.54) is 42.6 Å². The summed E-state index contributed by atoms with van der Waals surface area (Å²) < 4.78 is 5.66. The minimum Gasteiger partial charge on any atom is -0.493 e. The van der Waals surface area contributed by atoms with Crippen LogP contribution in [0.4, 0.5) is 5.69 Å². The zero-order valence-electron chi connectivity index (χ0n) is 16.1. The van der Waals surface area contributed by atoms with Crippen LogP contribution in [0.1, 0.15) is 56.7 Å². The molecule has 0 saturated carbocycles. The van der Waals surface area contributed by atoms with Gasteiger partial charge in [0.15, 0.2) is 11.5 Å². The molecule has 5 nitrogen and oxygen atoms in total. The lowest BCUT2D eigenvalue weighted by Crippen LogP contribution is -2.23. The van der Waals surface area contributed by atoms with Crippen LogP contribution in [0.5, 0.6) is 11.5 Å². The van der Waals surface area contributed by atoms with Crippen LogP contribution in [0.3, 0.4) is 0 Å². The molecule has 5 heteroatoms. The van der Waals surface area contributed by atoms with Crippen molar-refractivity contribution in [3.8, 4) is 11.5 Å². The van der Waals surface area contributed by atoms with E-state index in [0.29, 0.717) is 5.92 Å². The van der Waals surface area contributed by atoms with Crippen LogP contribution in [-0.4, -0.2) is 36.8 Å². The van der Waals surface area contributed by atoms with Crippen LogP contribution in [0.2, 0.25) is 0 Å². The Morgan fingerprint density at radius 3 is 2.62 bits per heavy atom. The number of methoxy groups -OCH3 is 1. The predicted octanol–water partition coefficient (Wildman–Crippen LogP) is 4.50. The molecule has 4 rings (SSSR count). The third-order valence-electron chi connectivity index (χ3n) is 5.40. The van der Waals surface area contributed by atoms with E-state index in [1.807, 2.05) is 11.1 Å². The summed E-state index contributed by atoms with van der Waals surface area (Å²) in [7, 11) is 1.71. The Morgan fingerprint density at radius 2 is 1.88 bits per heavy atom. The molecule has 0 spiro atoms. The number of aromatic nitrogens is 1. The Bertz CT molecular complexity index is 798. The maximum Gasteiger partial charge on any atom is 0.191 e. The molecule has 3 heterocycles. The van der Waals surface area contributed by atoms with Gasteiger partial charge in [-0.1, -0.05) is 13.8 Å². The maximum absolute atomic E-state index is 6.12. The van der Waals surface area contributed by atoms with E-state index in [2.05, 4.69) is 25.2 Å². The highest BCUT2D eigenvalue weighted by Crippen LogP contribution is 2.40. The van der Waals surface area contributed by atoms with Crippen molar-refractivity contribution in [1.82, 2.24) is 10.0 Å². The first-order valence-corrected chi connectivity index (χ1v) is 9.88. The quantitative estimate of drug-likeness (QED) is 0.875. The summed E-state index contributed by atoms with van der Waals surface area (Å²) in [5, 5.41) is 6.82. The highest BCUT2D eigenvalue weighted by atomic mass is 16.7. The third kappa shape index (κ3) is 3.20. The summed E-state index contributed by atoms with van der Waals surface area (Å²) in [4.78, 5) is 11.2. The fourth-order valence-electron chi connectivity index (χ4n) is 4.05. The number of ether oxygens (including phenoxy) is 1. The lowest BCUT2D eigenvalue weighted by atomic mass is 9.96. The van der Waals surface area contributed by atoms with Gasteiger partial charge < -0.3 is 14.9 Å². The predicted molar refractivity (Wildman–Crippen MR) is 105 cm³/mol. The highest BCUT2D eigenvalue weighted by Gasteiger charge is 2.22. The molecule has 0 unspecified atom stereocenters. The van der Waals surface area contributed by atoms with E-state index in [-0.39, 0.29) is 0 Å². The first-order chi connectivity index (χ1) is 12.7. The molecule has 140 valence electrons. The van der Waals surface area contributed by atoms with Gasteiger partial charge in [-0.3, -0.25) is 4.98 Å². The molecule has 1 aromatic carbocycles. The molecule has 1 saturated heterocycles. The molecule has 1 N–H and O–H groups in total. The van der Waals surface area contributed by atoms with Gasteiger partial charge in [0.25, 0.3) is 0 Å². The first kappa shape index (κ1) is 17.4. The molecule has 2 aromatic rings. The number of hydrogen-bond donors (Lipinski definition) is 1. The second-order valence-electron chi connectivity index (χ2n) is 7.64. The van der Waals surface area contributed by atoms with Crippen LogP contribution in [0.25, 0.3) is 10.9 Å². The van der Waals surface area contributed by atoms with E-state index in [0.717, 1.165) is 48.5 Å². The molecule has 0 amide bonds. The van der Waals surface area contributed by atoms with Gasteiger partial charge in [0, 0.05) is 42.5 Å². The number of pyridine rings is 1. The van der Waals surface area contributed by atoms with E-state index in [1.54, 1.807) is 7.11 Å². The fraction of sp³-hybridized carbons (Fsp3) is 0.571.